The van der Waals surface area contributed by atoms with Crippen molar-refractivity contribution in [2.24, 2.45) is 0 Å². The van der Waals surface area contributed by atoms with Crippen molar-refractivity contribution in [2.45, 2.75) is 18.9 Å². The predicted molar refractivity (Wildman–Crippen MR) is 93.9 cm³/mol. The topological polar surface area (TPSA) is 56.3 Å². The molecule has 1 aliphatic heterocycles. The molecule has 24 heavy (non-hydrogen) atoms. The van der Waals surface area contributed by atoms with Crippen LogP contribution in [0, 0.1) is 0 Å². The van der Waals surface area contributed by atoms with E-state index in [9.17, 15) is 9.90 Å². The van der Waals surface area contributed by atoms with Crippen LogP contribution in [0.1, 0.15) is 34.0 Å². The van der Waals surface area contributed by atoms with E-state index in [-0.39, 0.29) is 18.4 Å². The predicted octanol–water partition coefficient (Wildman–Crippen LogP) is 3.29. The van der Waals surface area contributed by atoms with Gasteiger partial charge in [-0.05, 0) is 18.1 Å². The van der Waals surface area contributed by atoms with Gasteiger partial charge in [0.1, 0.15) is 0 Å². The number of benzene rings is 2. The van der Waals surface area contributed by atoms with E-state index in [4.69, 9.17) is 0 Å². The molecule has 4 heteroatoms. The van der Waals surface area contributed by atoms with E-state index in [0.29, 0.717) is 13.1 Å². The Bertz CT molecular complexity index is 870. The molecule has 0 spiro atoms. The molecule has 1 amide bonds. The van der Waals surface area contributed by atoms with E-state index in [0.717, 1.165) is 34.1 Å². The molecular weight excluding hydrogens is 300 g/mol. The van der Waals surface area contributed by atoms with Crippen LogP contribution < -0.4 is 0 Å². The van der Waals surface area contributed by atoms with Gasteiger partial charge in [-0.3, -0.25) is 4.79 Å². The van der Waals surface area contributed by atoms with E-state index in [1.807, 2.05) is 59.5 Å². The van der Waals surface area contributed by atoms with Gasteiger partial charge in [0.15, 0.2) is 0 Å². The molecule has 0 fully saturated rings. The number of aromatic amines is 1. The van der Waals surface area contributed by atoms with Crippen LogP contribution >= 0.6 is 0 Å². The summed E-state index contributed by atoms with van der Waals surface area (Å²) in [5.74, 6) is 0.0133. The fraction of sp³-hybridized carbons (Fsp3) is 0.250. The number of carbonyl (C=O) groups is 1. The molecule has 1 aliphatic rings. The number of nitrogens with one attached hydrogen (secondary N) is 1. The smallest absolute Gasteiger partial charge is 0.256 e. The van der Waals surface area contributed by atoms with E-state index in [1.54, 1.807) is 0 Å². The summed E-state index contributed by atoms with van der Waals surface area (Å²) in [5, 5.41) is 10.7. The lowest BCUT2D eigenvalue weighted by molar-refractivity contribution is 0.0747. The molecular formula is C20H20N2O2. The molecule has 0 saturated carbocycles. The Morgan fingerprint density at radius 3 is 2.62 bits per heavy atom. The number of aliphatic hydroxyl groups excluding tert-OH is 1. The van der Waals surface area contributed by atoms with Gasteiger partial charge < -0.3 is 15.0 Å². The van der Waals surface area contributed by atoms with Crippen LogP contribution in [-0.4, -0.2) is 34.0 Å². The average molecular weight is 320 g/mol. The van der Waals surface area contributed by atoms with Gasteiger partial charge in [0.25, 0.3) is 5.91 Å². The van der Waals surface area contributed by atoms with Crippen molar-refractivity contribution >= 4 is 16.8 Å². The van der Waals surface area contributed by atoms with Crippen LogP contribution in [0.3, 0.4) is 0 Å². The number of amides is 1. The van der Waals surface area contributed by atoms with Crippen LogP contribution in [0.5, 0.6) is 0 Å². The first-order valence-electron chi connectivity index (χ1n) is 8.32. The second-order valence-corrected chi connectivity index (χ2v) is 6.34. The first-order valence-corrected chi connectivity index (χ1v) is 8.32. The summed E-state index contributed by atoms with van der Waals surface area (Å²) >= 11 is 0. The molecule has 4 nitrogen and oxygen atoms in total. The van der Waals surface area contributed by atoms with E-state index < -0.39 is 0 Å². The Hall–Kier alpha value is -2.59. The van der Waals surface area contributed by atoms with E-state index in [1.165, 1.54) is 0 Å². The van der Waals surface area contributed by atoms with E-state index >= 15 is 0 Å². The summed E-state index contributed by atoms with van der Waals surface area (Å²) in [7, 11) is 0. The van der Waals surface area contributed by atoms with Crippen LogP contribution in [0.25, 0.3) is 10.9 Å². The SMILES string of the molecule is O=C1c2c([nH]c3ccccc23)C(CO)CCN1Cc1ccccc1. The maximum atomic E-state index is 13.2. The summed E-state index contributed by atoms with van der Waals surface area (Å²) in [6, 6.07) is 17.9. The second kappa shape index (κ2) is 6.13. The van der Waals surface area contributed by atoms with Crippen LogP contribution in [-0.2, 0) is 6.54 Å². The largest absolute Gasteiger partial charge is 0.396 e. The number of aromatic nitrogens is 1. The first kappa shape index (κ1) is 15.0. The summed E-state index contributed by atoms with van der Waals surface area (Å²) in [6.07, 6.45) is 0.759. The van der Waals surface area contributed by atoms with Crippen LogP contribution in [0.4, 0.5) is 0 Å². The summed E-state index contributed by atoms with van der Waals surface area (Å²) in [4.78, 5) is 18.5. The molecule has 0 aliphatic carbocycles. The van der Waals surface area contributed by atoms with Gasteiger partial charge >= 0.3 is 0 Å². The molecule has 1 atom stereocenters. The number of para-hydroxylation sites is 1. The quantitative estimate of drug-likeness (QED) is 0.778. The fourth-order valence-electron chi connectivity index (χ4n) is 3.55. The molecule has 1 unspecified atom stereocenters. The van der Waals surface area contributed by atoms with Crippen LogP contribution in [0.2, 0.25) is 0 Å². The molecule has 0 bridgehead atoms. The Morgan fingerprint density at radius 1 is 1.08 bits per heavy atom. The monoisotopic (exact) mass is 320 g/mol. The zero-order valence-corrected chi connectivity index (χ0v) is 13.4. The molecule has 0 saturated heterocycles. The molecule has 4 rings (SSSR count). The highest BCUT2D eigenvalue weighted by Crippen LogP contribution is 2.33. The van der Waals surface area contributed by atoms with Gasteiger partial charge in [0.2, 0.25) is 0 Å². The number of fused-ring (bicyclic) bond motifs is 3. The van der Waals surface area contributed by atoms with Crippen molar-refractivity contribution in [1.82, 2.24) is 9.88 Å². The summed E-state index contributed by atoms with van der Waals surface area (Å²) in [6.45, 7) is 1.29. The molecule has 0 radical (unpaired) electrons. The Morgan fingerprint density at radius 2 is 1.83 bits per heavy atom. The molecule has 122 valence electrons. The summed E-state index contributed by atoms with van der Waals surface area (Å²) in [5.41, 5.74) is 3.67. The molecule has 1 aromatic heterocycles. The zero-order valence-electron chi connectivity index (χ0n) is 13.4. The van der Waals surface area contributed by atoms with Gasteiger partial charge in [-0.25, -0.2) is 0 Å². The molecule has 2 aromatic carbocycles. The number of H-pyrrole nitrogens is 1. The maximum absolute atomic E-state index is 13.2. The third-order valence-corrected chi connectivity index (χ3v) is 4.83. The molecule has 3 aromatic rings. The highest BCUT2D eigenvalue weighted by atomic mass is 16.3. The lowest BCUT2D eigenvalue weighted by atomic mass is 9.99. The highest BCUT2D eigenvalue weighted by Gasteiger charge is 2.31. The Balaban J connectivity index is 1.78. The van der Waals surface area contributed by atoms with Crippen molar-refractivity contribution in [3.63, 3.8) is 0 Å². The average Bonchev–Trinajstić information content (AvgIpc) is 2.95. The highest BCUT2D eigenvalue weighted by molar-refractivity contribution is 6.08. The van der Waals surface area contributed by atoms with Crippen molar-refractivity contribution < 1.29 is 9.90 Å². The normalized spacial score (nSPS) is 17.8. The summed E-state index contributed by atoms with van der Waals surface area (Å²) < 4.78 is 0. The van der Waals surface area contributed by atoms with Crippen molar-refractivity contribution in [3.8, 4) is 0 Å². The third kappa shape index (κ3) is 2.49. The number of hydrogen-bond acceptors (Lipinski definition) is 2. The minimum atomic E-state index is -0.0304. The number of carbonyl (C=O) groups excluding carboxylic acids is 1. The zero-order chi connectivity index (χ0) is 16.5. The van der Waals surface area contributed by atoms with Gasteiger partial charge in [-0.1, -0.05) is 48.5 Å². The number of rotatable bonds is 3. The maximum Gasteiger partial charge on any atom is 0.256 e. The molecule has 2 N–H and O–H groups in total. The Kier molecular flexibility index (Phi) is 3.82. The van der Waals surface area contributed by atoms with Gasteiger partial charge in [-0.2, -0.15) is 0 Å². The first-order chi connectivity index (χ1) is 11.8. The number of aliphatic hydroxyl groups is 1. The lowest BCUT2D eigenvalue weighted by Gasteiger charge is -2.21. The van der Waals surface area contributed by atoms with Gasteiger partial charge in [0, 0.05) is 35.6 Å². The number of nitrogens with zero attached hydrogens (tertiary/aromatic N) is 1. The van der Waals surface area contributed by atoms with Crippen LogP contribution in [0.15, 0.2) is 54.6 Å². The fourth-order valence-corrected chi connectivity index (χ4v) is 3.55. The second-order valence-electron chi connectivity index (χ2n) is 6.34. The number of hydrogen-bond donors (Lipinski definition) is 2. The van der Waals surface area contributed by atoms with Crippen molar-refractivity contribution in [1.29, 1.82) is 0 Å². The lowest BCUT2D eigenvalue weighted by Crippen LogP contribution is -2.30. The van der Waals surface area contributed by atoms with Gasteiger partial charge in [-0.15, -0.1) is 0 Å². The van der Waals surface area contributed by atoms with E-state index in [2.05, 4.69) is 4.98 Å². The van der Waals surface area contributed by atoms with Gasteiger partial charge in [0.05, 0.1) is 12.2 Å². The standard InChI is InChI=1S/C20H20N2O2/c23-13-15-10-11-22(12-14-6-2-1-3-7-14)20(24)18-16-8-4-5-9-17(16)21-19(15)18/h1-9,15,21,23H,10-13H2. The van der Waals surface area contributed by atoms with Crippen molar-refractivity contribution in [2.75, 3.05) is 13.2 Å². The van der Waals surface area contributed by atoms with Crippen molar-refractivity contribution in [3.05, 3.63) is 71.4 Å². The third-order valence-electron chi connectivity index (χ3n) is 4.83. The minimum absolute atomic E-state index is 0.0304. The minimum Gasteiger partial charge on any atom is -0.396 e. The molecule has 2 heterocycles. The Labute approximate surface area is 140 Å².